The van der Waals surface area contributed by atoms with E-state index in [0.29, 0.717) is 0 Å². The number of benzene rings is 1. The van der Waals surface area contributed by atoms with Gasteiger partial charge in [-0.1, -0.05) is 44.2 Å². The van der Waals surface area contributed by atoms with Crippen LogP contribution in [-0.4, -0.2) is 41.1 Å². The standard InChI is InChI=1S/C16H24N2O3/c1-4-13(5-2)18(3)16(21)17-14(15(19)20)11-12-9-7-6-8-10-12/h6-10,13-14H,4-5,11H2,1-3H3,(H,17,21)(H,19,20)/t14-/m0/s1. The molecule has 5 nitrogen and oxygen atoms in total. The Bertz CT molecular complexity index is 458. The molecule has 0 radical (unpaired) electrons. The molecule has 0 heterocycles. The van der Waals surface area contributed by atoms with Crippen molar-refractivity contribution in [1.82, 2.24) is 10.2 Å². The Morgan fingerprint density at radius 2 is 1.76 bits per heavy atom. The molecule has 5 heteroatoms. The Kier molecular flexibility index (Phi) is 6.72. The maximum atomic E-state index is 12.2. The van der Waals surface area contributed by atoms with Gasteiger partial charge in [0.05, 0.1) is 0 Å². The van der Waals surface area contributed by atoms with Crippen LogP contribution in [0.4, 0.5) is 4.79 Å². The first-order valence-electron chi connectivity index (χ1n) is 7.29. The summed E-state index contributed by atoms with van der Waals surface area (Å²) in [6, 6.07) is 8.15. The molecule has 0 aromatic heterocycles. The summed E-state index contributed by atoms with van der Waals surface area (Å²) in [5.74, 6) is -1.02. The van der Waals surface area contributed by atoms with Gasteiger partial charge in [0.1, 0.15) is 6.04 Å². The number of carbonyl (C=O) groups excluding carboxylic acids is 1. The number of rotatable bonds is 7. The topological polar surface area (TPSA) is 69.6 Å². The third kappa shape index (κ3) is 5.10. The summed E-state index contributed by atoms with van der Waals surface area (Å²) < 4.78 is 0. The molecule has 0 saturated carbocycles. The van der Waals surface area contributed by atoms with Crippen LogP contribution >= 0.6 is 0 Å². The molecule has 1 rings (SSSR count). The van der Waals surface area contributed by atoms with Crippen LogP contribution in [0, 0.1) is 0 Å². The fourth-order valence-electron chi connectivity index (χ4n) is 2.30. The van der Waals surface area contributed by atoms with E-state index in [1.54, 1.807) is 11.9 Å². The van der Waals surface area contributed by atoms with Gasteiger partial charge in [-0.05, 0) is 18.4 Å². The molecule has 1 atom stereocenters. The molecule has 2 amide bonds. The fourth-order valence-corrected chi connectivity index (χ4v) is 2.30. The number of nitrogens with one attached hydrogen (secondary N) is 1. The Balaban J connectivity index is 2.70. The van der Waals surface area contributed by atoms with E-state index in [0.717, 1.165) is 18.4 Å². The predicted octanol–water partition coefficient (Wildman–Crippen LogP) is 2.51. The van der Waals surface area contributed by atoms with Crippen molar-refractivity contribution in [2.45, 2.75) is 45.2 Å². The van der Waals surface area contributed by atoms with E-state index in [1.165, 1.54) is 0 Å². The van der Waals surface area contributed by atoms with Gasteiger partial charge in [-0.2, -0.15) is 0 Å². The average Bonchev–Trinajstić information content (AvgIpc) is 2.48. The van der Waals surface area contributed by atoms with Gasteiger partial charge in [-0.3, -0.25) is 0 Å². The van der Waals surface area contributed by atoms with Gasteiger partial charge in [0.2, 0.25) is 0 Å². The highest BCUT2D eigenvalue weighted by atomic mass is 16.4. The first-order valence-corrected chi connectivity index (χ1v) is 7.29. The summed E-state index contributed by atoms with van der Waals surface area (Å²) >= 11 is 0. The van der Waals surface area contributed by atoms with Crippen LogP contribution in [0.3, 0.4) is 0 Å². The van der Waals surface area contributed by atoms with Crippen LogP contribution in [0.1, 0.15) is 32.3 Å². The second-order valence-electron chi connectivity index (χ2n) is 5.11. The third-order valence-electron chi connectivity index (χ3n) is 3.69. The number of urea groups is 1. The molecule has 1 aromatic carbocycles. The minimum absolute atomic E-state index is 0.121. The van der Waals surface area contributed by atoms with Gasteiger partial charge in [0, 0.05) is 19.5 Å². The highest BCUT2D eigenvalue weighted by Crippen LogP contribution is 2.08. The zero-order valence-electron chi connectivity index (χ0n) is 12.9. The molecular weight excluding hydrogens is 268 g/mol. The molecule has 0 unspecified atom stereocenters. The molecular formula is C16H24N2O3. The van der Waals surface area contributed by atoms with E-state index in [2.05, 4.69) is 5.32 Å². The molecule has 0 saturated heterocycles. The lowest BCUT2D eigenvalue weighted by Gasteiger charge is -2.28. The second kappa shape index (κ2) is 8.29. The van der Waals surface area contributed by atoms with Crippen molar-refractivity contribution in [2.24, 2.45) is 0 Å². The fraction of sp³-hybridized carbons (Fsp3) is 0.500. The van der Waals surface area contributed by atoms with Gasteiger partial charge in [0.15, 0.2) is 0 Å². The molecule has 0 aliphatic rings. The molecule has 21 heavy (non-hydrogen) atoms. The molecule has 0 bridgehead atoms. The summed E-state index contributed by atoms with van der Waals surface area (Å²) in [6.07, 6.45) is 1.96. The van der Waals surface area contributed by atoms with Gasteiger partial charge >= 0.3 is 12.0 Å². The smallest absolute Gasteiger partial charge is 0.326 e. The van der Waals surface area contributed by atoms with Crippen molar-refractivity contribution in [2.75, 3.05) is 7.05 Å². The Morgan fingerprint density at radius 3 is 2.24 bits per heavy atom. The quantitative estimate of drug-likeness (QED) is 0.811. The second-order valence-corrected chi connectivity index (χ2v) is 5.11. The molecule has 0 aliphatic heterocycles. The van der Waals surface area contributed by atoms with E-state index in [4.69, 9.17) is 0 Å². The first-order chi connectivity index (χ1) is 9.99. The molecule has 2 N–H and O–H groups in total. The van der Waals surface area contributed by atoms with Gasteiger partial charge in [0.25, 0.3) is 0 Å². The molecule has 0 aliphatic carbocycles. The molecule has 116 valence electrons. The highest BCUT2D eigenvalue weighted by molar-refractivity contribution is 5.82. The number of amides is 2. The van der Waals surface area contributed by atoms with E-state index >= 15 is 0 Å². The van der Waals surface area contributed by atoms with Crippen molar-refractivity contribution in [3.05, 3.63) is 35.9 Å². The minimum atomic E-state index is -1.02. The lowest BCUT2D eigenvalue weighted by molar-refractivity contribution is -0.139. The predicted molar refractivity (Wildman–Crippen MR) is 82.2 cm³/mol. The van der Waals surface area contributed by atoms with Crippen molar-refractivity contribution in [3.8, 4) is 0 Å². The normalized spacial score (nSPS) is 12.0. The minimum Gasteiger partial charge on any atom is -0.480 e. The molecule has 1 aromatic rings. The van der Waals surface area contributed by atoms with Gasteiger partial charge in [-0.25, -0.2) is 9.59 Å². The van der Waals surface area contributed by atoms with Crippen LogP contribution < -0.4 is 5.32 Å². The van der Waals surface area contributed by atoms with Gasteiger partial charge in [-0.15, -0.1) is 0 Å². The van der Waals surface area contributed by atoms with Crippen molar-refractivity contribution in [1.29, 1.82) is 0 Å². The van der Waals surface area contributed by atoms with E-state index in [-0.39, 0.29) is 18.5 Å². The first kappa shape index (κ1) is 17.0. The van der Waals surface area contributed by atoms with Crippen LogP contribution in [0.25, 0.3) is 0 Å². The molecule has 0 fully saturated rings. The van der Waals surface area contributed by atoms with E-state index in [9.17, 15) is 14.7 Å². The van der Waals surface area contributed by atoms with Crippen molar-refractivity contribution in [3.63, 3.8) is 0 Å². The number of hydrogen-bond donors (Lipinski definition) is 2. The van der Waals surface area contributed by atoms with Crippen LogP contribution in [-0.2, 0) is 11.2 Å². The largest absolute Gasteiger partial charge is 0.480 e. The summed E-state index contributed by atoms with van der Waals surface area (Å²) in [4.78, 5) is 25.1. The van der Waals surface area contributed by atoms with Crippen LogP contribution in [0.2, 0.25) is 0 Å². The number of carboxylic acids is 1. The zero-order chi connectivity index (χ0) is 15.8. The third-order valence-corrected chi connectivity index (χ3v) is 3.69. The number of hydrogen-bond acceptors (Lipinski definition) is 2. The Labute approximate surface area is 126 Å². The highest BCUT2D eigenvalue weighted by Gasteiger charge is 2.24. The van der Waals surface area contributed by atoms with Crippen molar-refractivity contribution < 1.29 is 14.7 Å². The van der Waals surface area contributed by atoms with E-state index in [1.807, 2.05) is 44.2 Å². The zero-order valence-corrected chi connectivity index (χ0v) is 12.9. The van der Waals surface area contributed by atoms with Gasteiger partial charge < -0.3 is 15.3 Å². The number of carboxylic acid groups (broad SMARTS) is 1. The Hall–Kier alpha value is -2.04. The maximum Gasteiger partial charge on any atom is 0.326 e. The Morgan fingerprint density at radius 1 is 1.19 bits per heavy atom. The van der Waals surface area contributed by atoms with E-state index < -0.39 is 12.0 Å². The number of aliphatic carboxylic acids is 1. The molecule has 0 spiro atoms. The summed E-state index contributed by atoms with van der Waals surface area (Å²) in [6.45, 7) is 4.02. The monoisotopic (exact) mass is 292 g/mol. The van der Waals surface area contributed by atoms with Crippen LogP contribution in [0.5, 0.6) is 0 Å². The summed E-state index contributed by atoms with van der Waals surface area (Å²) in [5.41, 5.74) is 0.885. The average molecular weight is 292 g/mol. The van der Waals surface area contributed by atoms with Crippen molar-refractivity contribution >= 4 is 12.0 Å². The van der Waals surface area contributed by atoms with Crippen LogP contribution in [0.15, 0.2) is 30.3 Å². The lowest BCUT2D eigenvalue weighted by Crippen LogP contribution is -2.50. The number of nitrogens with zero attached hydrogens (tertiary/aromatic N) is 1. The maximum absolute atomic E-state index is 12.2. The summed E-state index contributed by atoms with van der Waals surface area (Å²) in [7, 11) is 1.70. The number of carbonyl (C=O) groups is 2. The summed E-state index contributed by atoms with van der Waals surface area (Å²) in [5, 5.41) is 11.9. The SMILES string of the molecule is CCC(CC)N(C)C(=O)N[C@@H](Cc1ccccc1)C(=O)O. The lowest BCUT2D eigenvalue weighted by atomic mass is 10.1.